The third kappa shape index (κ3) is 5.09. The van der Waals surface area contributed by atoms with Gasteiger partial charge in [0.1, 0.15) is 0 Å². The maximum Gasteiger partial charge on any atom is 0.243 e. The molecule has 0 bridgehead atoms. The van der Waals surface area contributed by atoms with Crippen LogP contribution in [0.25, 0.3) is 0 Å². The Kier molecular flexibility index (Phi) is 6.65. The molecule has 0 radical (unpaired) electrons. The molecule has 1 amide bonds. The van der Waals surface area contributed by atoms with Crippen LogP contribution in [0.1, 0.15) is 52.1 Å². The van der Waals surface area contributed by atoms with Crippen molar-refractivity contribution in [3.05, 3.63) is 60.2 Å². The molecule has 1 fully saturated rings. The second-order valence-electron chi connectivity index (χ2n) is 8.38. The summed E-state index contributed by atoms with van der Waals surface area (Å²) in [7, 11) is -3.78. The Balaban J connectivity index is 2.00. The minimum absolute atomic E-state index is 0.177. The lowest BCUT2D eigenvalue weighted by molar-refractivity contribution is -0.114. The predicted octanol–water partition coefficient (Wildman–Crippen LogP) is 4.35. The Bertz CT molecular complexity index is 972. The van der Waals surface area contributed by atoms with E-state index in [0.29, 0.717) is 25.1 Å². The van der Waals surface area contributed by atoms with Crippen molar-refractivity contribution < 1.29 is 17.9 Å². The molecular weight excluding hydrogens is 400 g/mol. The molecule has 3 rings (SSSR count). The van der Waals surface area contributed by atoms with Crippen LogP contribution < -0.4 is 5.32 Å². The van der Waals surface area contributed by atoms with E-state index in [1.165, 1.54) is 6.92 Å². The van der Waals surface area contributed by atoms with E-state index >= 15 is 0 Å². The molecule has 1 N–H and O–H groups in total. The summed E-state index contributed by atoms with van der Waals surface area (Å²) < 4.78 is 35.1. The van der Waals surface area contributed by atoms with E-state index < -0.39 is 10.0 Å². The molecule has 1 aliphatic heterocycles. The number of nitrogens with one attached hydrogen (secondary N) is 1. The van der Waals surface area contributed by atoms with Gasteiger partial charge in [-0.3, -0.25) is 4.79 Å². The number of carbonyl (C=O) groups excluding carboxylic acids is 1. The molecule has 2 atom stereocenters. The van der Waals surface area contributed by atoms with Gasteiger partial charge in [-0.05, 0) is 63.4 Å². The number of sulfonamides is 1. The van der Waals surface area contributed by atoms with E-state index in [9.17, 15) is 13.2 Å². The molecule has 1 aliphatic rings. The van der Waals surface area contributed by atoms with E-state index in [0.717, 1.165) is 5.56 Å². The summed E-state index contributed by atoms with van der Waals surface area (Å²) >= 11 is 0. The van der Waals surface area contributed by atoms with Crippen molar-refractivity contribution in [1.29, 1.82) is 0 Å². The van der Waals surface area contributed by atoms with E-state index in [1.807, 2.05) is 51.1 Å². The first-order valence-corrected chi connectivity index (χ1v) is 11.6. The number of rotatable bonds is 6. The van der Waals surface area contributed by atoms with Crippen LogP contribution in [-0.2, 0) is 19.6 Å². The van der Waals surface area contributed by atoms with Crippen LogP contribution in [0.5, 0.6) is 0 Å². The lowest BCUT2D eigenvalue weighted by Gasteiger charge is -2.43. The molecule has 0 saturated carbocycles. The number of amides is 1. The summed E-state index contributed by atoms with van der Waals surface area (Å²) in [5.74, 6) is -0.200. The molecular formula is C23H30N2O4S. The molecule has 0 aliphatic carbocycles. The topological polar surface area (TPSA) is 75.7 Å². The van der Waals surface area contributed by atoms with Gasteiger partial charge in [-0.1, -0.05) is 30.3 Å². The van der Waals surface area contributed by atoms with Crippen LogP contribution in [0.4, 0.5) is 5.69 Å². The minimum Gasteiger partial charge on any atom is -0.375 e. The third-order valence-corrected chi connectivity index (χ3v) is 7.48. The lowest BCUT2D eigenvalue weighted by Crippen LogP contribution is -2.49. The van der Waals surface area contributed by atoms with Crippen molar-refractivity contribution in [1.82, 2.24) is 4.31 Å². The van der Waals surface area contributed by atoms with Crippen LogP contribution >= 0.6 is 0 Å². The second kappa shape index (κ2) is 8.88. The average Bonchev–Trinajstić information content (AvgIpc) is 2.68. The first-order chi connectivity index (χ1) is 14.1. The van der Waals surface area contributed by atoms with Gasteiger partial charge in [0.2, 0.25) is 15.9 Å². The van der Waals surface area contributed by atoms with E-state index in [1.54, 1.807) is 28.6 Å². The molecule has 2 aromatic carbocycles. The van der Waals surface area contributed by atoms with Gasteiger partial charge in [0.05, 0.1) is 10.5 Å². The van der Waals surface area contributed by atoms with Gasteiger partial charge in [-0.2, -0.15) is 4.31 Å². The molecule has 162 valence electrons. The zero-order valence-corrected chi connectivity index (χ0v) is 18.8. The number of carbonyl (C=O) groups is 1. The van der Waals surface area contributed by atoms with Crippen molar-refractivity contribution in [3.8, 4) is 0 Å². The zero-order valence-electron chi connectivity index (χ0n) is 18.0. The quantitative estimate of drug-likeness (QED) is 0.739. The largest absolute Gasteiger partial charge is 0.375 e. The number of ether oxygens (including phenoxy) is 1. The number of hydrogen-bond acceptors (Lipinski definition) is 4. The van der Waals surface area contributed by atoms with Gasteiger partial charge in [0.25, 0.3) is 0 Å². The van der Waals surface area contributed by atoms with Gasteiger partial charge in [-0.25, -0.2) is 8.42 Å². The molecule has 0 spiro atoms. The molecule has 0 aromatic heterocycles. The van der Waals surface area contributed by atoms with Crippen LogP contribution in [0, 0.1) is 0 Å². The average molecular weight is 431 g/mol. The van der Waals surface area contributed by atoms with Crippen LogP contribution in [0.3, 0.4) is 0 Å². The summed E-state index contributed by atoms with van der Waals surface area (Å²) in [5, 5.41) is 2.67. The summed E-state index contributed by atoms with van der Waals surface area (Å²) in [6.07, 6.45) is 1.26. The lowest BCUT2D eigenvalue weighted by atomic mass is 9.93. The molecule has 7 heteroatoms. The summed E-state index contributed by atoms with van der Waals surface area (Å²) in [4.78, 5) is 11.5. The normalized spacial score (nSPS) is 20.0. The van der Waals surface area contributed by atoms with Crippen molar-refractivity contribution in [3.63, 3.8) is 0 Å². The number of nitrogens with zero attached hydrogens (tertiary/aromatic N) is 1. The van der Waals surface area contributed by atoms with Crippen LogP contribution in [-0.4, -0.2) is 36.9 Å². The van der Waals surface area contributed by atoms with Gasteiger partial charge in [-0.15, -0.1) is 0 Å². The molecule has 1 saturated heterocycles. The van der Waals surface area contributed by atoms with Gasteiger partial charge < -0.3 is 10.1 Å². The predicted molar refractivity (Wildman–Crippen MR) is 118 cm³/mol. The minimum atomic E-state index is -3.78. The highest BCUT2D eigenvalue weighted by molar-refractivity contribution is 7.89. The first kappa shape index (κ1) is 22.5. The van der Waals surface area contributed by atoms with E-state index in [-0.39, 0.29) is 28.5 Å². The maximum atomic E-state index is 13.8. The van der Waals surface area contributed by atoms with Crippen LogP contribution in [0.2, 0.25) is 0 Å². The Morgan fingerprint density at radius 2 is 1.77 bits per heavy atom. The standard InChI is InChI=1S/C23H30N2O4S/c1-17(19-8-6-5-7-9-19)25(21-14-15-29-23(3,4)16-21)30(27,28)22-12-10-20(11-13-22)24-18(2)26/h5-13,17,21H,14-16H2,1-4H3,(H,24,26)/t17-,21-/m1/s1. The fraction of sp³-hybridized carbons (Fsp3) is 0.435. The van der Waals surface area contributed by atoms with E-state index in [2.05, 4.69) is 5.32 Å². The third-order valence-electron chi connectivity index (χ3n) is 5.44. The van der Waals surface area contributed by atoms with Gasteiger partial charge in [0, 0.05) is 31.3 Å². The van der Waals surface area contributed by atoms with Crippen molar-refractivity contribution >= 4 is 21.6 Å². The molecule has 0 unspecified atom stereocenters. The Morgan fingerprint density at radius 3 is 2.33 bits per heavy atom. The summed E-state index contributed by atoms with van der Waals surface area (Å²) in [6, 6.07) is 15.5. The van der Waals surface area contributed by atoms with Gasteiger partial charge in [0.15, 0.2) is 0 Å². The Labute approximate surface area is 179 Å². The highest BCUT2D eigenvalue weighted by atomic mass is 32.2. The second-order valence-corrected chi connectivity index (χ2v) is 10.2. The first-order valence-electron chi connectivity index (χ1n) is 10.2. The number of benzene rings is 2. The summed E-state index contributed by atoms with van der Waals surface area (Å²) in [5.41, 5.74) is 1.12. The molecule has 30 heavy (non-hydrogen) atoms. The highest BCUT2D eigenvalue weighted by Crippen LogP contribution is 2.37. The van der Waals surface area contributed by atoms with Crippen molar-refractivity contribution in [2.45, 2.75) is 63.1 Å². The van der Waals surface area contributed by atoms with Crippen LogP contribution in [0.15, 0.2) is 59.5 Å². The Morgan fingerprint density at radius 1 is 1.13 bits per heavy atom. The molecule has 2 aromatic rings. The highest BCUT2D eigenvalue weighted by Gasteiger charge is 2.41. The monoisotopic (exact) mass is 430 g/mol. The Hall–Kier alpha value is -2.22. The van der Waals surface area contributed by atoms with Gasteiger partial charge >= 0.3 is 0 Å². The molecule has 1 heterocycles. The maximum absolute atomic E-state index is 13.8. The number of hydrogen-bond donors (Lipinski definition) is 1. The fourth-order valence-electron chi connectivity index (χ4n) is 4.05. The smallest absolute Gasteiger partial charge is 0.243 e. The molecule has 6 nitrogen and oxygen atoms in total. The fourth-order valence-corrected chi connectivity index (χ4v) is 5.89. The van der Waals surface area contributed by atoms with Crippen molar-refractivity contribution in [2.75, 3.05) is 11.9 Å². The van der Waals surface area contributed by atoms with Crippen molar-refractivity contribution in [2.24, 2.45) is 0 Å². The SMILES string of the molecule is CC(=O)Nc1ccc(S(=O)(=O)N([C@@H]2CCOC(C)(C)C2)[C@H](C)c2ccccc2)cc1. The zero-order chi connectivity index (χ0) is 21.9. The van der Waals surface area contributed by atoms with E-state index in [4.69, 9.17) is 4.74 Å². The number of anilines is 1. The summed E-state index contributed by atoms with van der Waals surface area (Å²) in [6.45, 7) is 7.87.